The molecule has 2 aromatic rings. The zero-order valence-corrected chi connectivity index (χ0v) is 14.1. The molecule has 0 aliphatic carbocycles. The summed E-state index contributed by atoms with van der Waals surface area (Å²) in [5.74, 6) is -0.0485. The van der Waals surface area contributed by atoms with E-state index in [-0.39, 0.29) is 11.9 Å². The van der Waals surface area contributed by atoms with E-state index in [0.29, 0.717) is 23.7 Å². The molecule has 108 valence electrons. The van der Waals surface area contributed by atoms with Gasteiger partial charge in [-0.1, -0.05) is 35.9 Å². The summed E-state index contributed by atoms with van der Waals surface area (Å²) in [6.45, 7) is 0.717. The Kier molecular flexibility index (Phi) is 4.47. The van der Waals surface area contributed by atoms with Crippen molar-refractivity contribution in [3.05, 3.63) is 62.2 Å². The number of carbonyl (C=O) groups is 1. The van der Waals surface area contributed by atoms with Gasteiger partial charge in [-0.15, -0.1) is 0 Å². The molecule has 3 nitrogen and oxygen atoms in total. The average Bonchev–Trinajstić information content (AvgIpc) is 2.49. The Hall–Kier alpha value is -1.11. The van der Waals surface area contributed by atoms with Crippen LogP contribution in [-0.2, 0) is 17.8 Å². The van der Waals surface area contributed by atoms with Crippen molar-refractivity contribution in [1.82, 2.24) is 5.32 Å². The molecule has 2 N–H and O–H groups in total. The summed E-state index contributed by atoms with van der Waals surface area (Å²) in [7, 11) is 0. The van der Waals surface area contributed by atoms with Crippen LogP contribution in [-0.4, -0.2) is 11.9 Å². The molecule has 0 unspecified atom stereocenters. The van der Waals surface area contributed by atoms with E-state index in [1.807, 2.05) is 30.3 Å². The second-order valence-electron chi connectivity index (χ2n) is 5.02. The molecule has 0 bridgehead atoms. The lowest BCUT2D eigenvalue weighted by molar-refractivity contribution is -0.118. The van der Waals surface area contributed by atoms with Crippen molar-refractivity contribution in [1.29, 1.82) is 0 Å². The summed E-state index contributed by atoms with van der Waals surface area (Å²) >= 11 is 8.34. The predicted molar refractivity (Wildman–Crippen MR) is 93.6 cm³/mol. The minimum Gasteiger partial charge on any atom is -0.323 e. The molecule has 2 aromatic carbocycles. The van der Waals surface area contributed by atoms with Gasteiger partial charge in [-0.3, -0.25) is 4.79 Å². The van der Waals surface area contributed by atoms with E-state index in [4.69, 9.17) is 11.6 Å². The first-order valence-electron chi connectivity index (χ1n) is 6.69. The Morgan fingerprint density at radius 2 is 2.00 bits per heavy atom. The van der Waals surface area contributed by atoms with Crippen molar-refractivity contribution in [3.63, 3.8) is 0 Å². The standard InChI is InChI=1S/C16H14ClIN2O/c17-13-8-12(18)5-6-14(13)20-16(21)15-7-10-3-1-2-4-11(10)9-19-15/h1-6,8,15,19H,7,9H2,(H,20,21)/t15-/m0/s1. The Labute approximate surface area is 142 Å². The number of rotatable bonds is 2. The van der Waals surface area contributed by atoms with E-state index in [1.165, 1.54) is 11.1 Å². The van der Waals surface area contributed by atoms with Gasteiger partial charge in [-0.2, -0.15) is 0 Å². The number of hydrogen-bond acceptors (Lipinski definition) is 2. The van der Waals surface area contributed by atoms with Gasteiger partial charge in [0, 0.05) is 10.1 Å². The van der Waals surface area contributed by atoms with Crippen LogP contribution >= 0.6 is 34.2 Å². The summed E-state index contributed by atoms with van der Waals surface area (Å²) in [5.41, 5.74) is 3.14. The van der Waals surface area contributed by atoms with Crippen LogP contribution in [0.1, 0.15) is 11.1 Å². The molecule has 0 saturated heterocycles. The Bertz CT molecular complexity index is 690. The van der Waals surface area contributed by atoms with Gasteiger partial charge in [0.1, 0.15) is 0 Å². The average molecular weight is 413 g/mol. The Balaban J connectivity index is 1.72. The molecule has 1 atom stereocenters. The highest BCUT2D eigenvalue weighted by atomic mass is 127. The fraction of sp³-hybridized carbons (Fsp3) is 0.188. The molecule has 1 aliphatic rings. The molecule has 3 rings (SSSR count). The Morgan fingerprint density at radius 1 is 1.24 bits per heavy atom. The summed E-state index contributed by atoms with van der Waals surface area (Å²) in [6.07, 6.45) is 0.698. The SMILES string of the molecule is O=C(Nc1ccc(I)cc1Cl)[C@@H]1Cc2ccccc2CN1. The summed E-state index contributed by atoms with van der Waals surface area (Å²) in [6, 6.07) is 13.6. The molecule has 0 spiro atoms. The third kappa shape index (κ3) is 3.39. The van der Waals surface area contributed by atoms with Gasteiger partial charge >= 0.3 is 0 Å². The molecule has 5 heteroatoms. The number of carbonyl (C=O) groups excluding carboxylic acids is 1. The number of amides is 1. The van der Waals surface area contributed by atoms with E-state index in [9.17, 15) is 4.79 Å². The summed E-state index contributed by atoms with van der Waals surface area (Å²) < 4.78 is 1.04. The number of benzene rings is 2. The van der Waals surface area contributed by atoms with Crippen molar-refractivity contribution in [2.24, 2.45) is 0 Å². The zero-order chi connectivity index (χ0) is 14.8. The number of anilines is 1. The fourth-order valence-electron chi connectivity index (χ4n) is 2.45. The molecule has 1 amide bonds. The Morgan fingerprint density at radius 3 is 2.76 bits per heavy atom. The number of hydrogen-bond donors (Lipinski definition) is 2. The van der Waals surface area contributed by atoms with Crippen LogP contribution in [0.25, 0.3) is 0 Å². The summed E-state index contributed by atoms with van der Waals surface area (Å²) in [5, 5.41) is 6.73. The maximum Gasteiger partial charge on any atom is 0.241 e. The van der Waals surface area contributed by atoms with E-state index < -0.39 is 0 Å². The lowest BCUT2D eigenvalue weighted by Gasteiger charge is -2.25. The van der Waals surface area contributed by atoms with Gasteiger partial charge in [0.05, 0.1) is 16.8 Å². The third-order valence-corrected chi connectivity index (χ3v) is 4.57. The van der Waals surface area contributed by atoms with E-state index in [0.717, 1.165) is 3.57 Å². The van der Waals surface area contributed by atoms with Crippen molar-refractivity contribution in [3.8, 4) is 0 Å². The number of fused-ring (bicyclic) bond motifs is 1. The quantitative estimate of drug-likeness (QED) is 0.740. The van der Waals surface area contributed by atoms with Crippen molar-refractivity contribution in [2.45, 2.75) is 19.0 Å². The van der Waals surface area contributed by atoms with Gasteiger partial charge in [-0.05, 0) is 58.3 Å². The lowest BCUT2D eigenvalue weighted by Crippen LogP contribution is -2.44. The van der Waals surface area contributed by atoms with Crippen LogP contribution < -0.4 is 10.6 Å². The van der Waals surface area contributed by atoms with Gasteiger partial charge in [0.15, 0.2) is 0 Å². The largest absolute Gasteiger partial charge is 0.323 e. The monoisotopic (exact) mass is 412 g/mol. The van der Waals surface area contributed by atoms with Crippen molar-refractivity contribution >= 4 is 45.8 Å². The van der Waals surface area contributed by atoms with Gasteiger partial charge < -0.3 is 10.6 Å². The van der Waals surface area contributed by atoms with Gasteiger partial charge in [0.2, 0.25) is 5.91 Å². The summed E-state index contributed by atoms with van der Waals surface area (Å²) in [4.78, 5) is 12.4. The highest BCUT2D eigenvalue weighted by molar-refractivity contribution is 14.1. The first-order valence-corrected chi connectivity index (χ1v) is 8.15. The van der Waals surface area contributed by atoms with E-state index in [2.05, 4.69) is 45.4 Å². The van der Waals surface area contributed by atoms with Gasteiger partial charge in [-0.25, -0.2) is 0 Å². The molecule has 1 heterocycles. The molecule has 0 saturated carbocycles. The minimum atomic E-state index is -0.227. The minimum absolute atomic E-state index is 0.0485. The molecule has 21 heavy (non-hydrogen) atoms. The highest BCUT2D eigenvalue weighted by Gasteiger charge is 2.24. The lowest BCUT2D eigenvalue weighted by atomic mass is 9.95. The van der Waals surface area contributed by atoms with E-state index in [1.54, 1.807) is 0 Å². The zero-order valence-electron chi connectivity index (χ0n) is 11.2. The maximum absolute atomic E-state index is 12.4. The van der Waals surface area contributed by atoms with Crippen molar-refractivity contribution < 1.29 is 4.79 Å². The smallest absolute Gasteiger partial charge is 0.241 e. The van der Waals surface area contributed by atoms with Crippen LogP contribution in [0.5, 0.6) is 0 Å². The predicted octanol–water partition coefficient (Wildman–Crippen LogP) is 3.60. The van der Waals surface area contributed by atoms with Crippen molar-refractivity contribution in [2.75, 3.05) is 5.32 Å². The van der Waals surface area contributed by atoms with Gasteiger partial charge in [0.25, 0.3) is 0 Å². The fourth-order valence-corrected chi connectivity index (χ4v) is 3.35. The molecular formula is C16H14ClIN2O. The third-order valence-electron chi connectivity index (χ3n) is 3.59. The second-order valence-corrected chi connectivity index (χ2v) is 6.67. The normalized spacial score (nSPS) is 17.1. The first-order chi connectivity index (χ1) is 10.1. The van der Waals surface area contributed by atoms with Crippen LogP contribution in [0.2, 0.25) is 5.02 Å². The second kappa shape index (κ2) is 6.34. The maximum atomic E-state index is 12.4. The highest BCUT2D eigenvalue weighted by Crippen LogP contribution is 2.24. The number of nitrogens with one attached hydrogen (secondary N) is 2. The molecular weight excluding hydrogens is 399 g/mol. The molecule has 0 fully saturated rings. The van der Waals surface area contributed by atoms with Crippen LogP contribution in [0, 0.1) is 3.57 Å². The molecule has 0 radical (unpaired) electrons. The topological polar surface area (TPSA) is 41.1 Å². The van der Waals surface area contributed by atoms with Crippen LogP contribution in [0.15, 0.2) is 42.5 Å². The molecule has 0 aromatic heterocycles. The van der Waals surface area contributed by atoms with E-state index >= 15 is 0 Å². The van der Waals surface area contributed by atoms with Crippen LogP contribution in [0.3, 0.4) is 0 Å². The number of halogens is 2. The first kappa shape index (κ1) is 14.8. The van der Waals surface area contributed by atoms with Crippen LogP contribution in [0.4, 0.5) is 5.69 Å². The molecule has 1 aliphatic heterocycles.